The summed E-state index contributed by atoms with van der Waals surface area (Å²) in [4.78, 5) is 0. The van der Waals surface area contributed by atoms with Crippen LogP contribution in [0.3, 0.4) is 0 Å². The molecule has 1 N–H and O–H groups in total. The van der Waals surface area contributed by atoms with Gasteiger partial charge in [-0.3, -0.25) is 0 Å². The number of fused-ring (bicyclic) bond motifs is 2. The number of ether oxygens (including phenoxy) is 2. The van der Waals surface area contributed by atoms with Gasteiger partial charge in [-0.1, -0.05) is 12.2 Å². The minimum atomic E-state index is -0.0556. The number of hydrogen-bond donors (Lipinski definition) is 1. The summed E-state index contributed by atoms with van der Waals surface area (Å²) in [6, 6.07) is 0.235. The number of hydrogen-bond acceptors (Lipinski definition) is 3. The molecule has 0 unspecified atom stereocenters. The maximum absolute atomic E-state index is 5.43. The molecule has 0 saturated carbocycles. The highest BCUT2D eigenvalue weighted by Crippen LogP contribution is 2.20. The summed E-state index contributed by atoms with van der Waals surface area (Å²) in [6.45, 7) is 0.708. The van der Waals surface area contributed by atoms with E-state index in [4.69, 9.17) is 9.47 Å². The average molecular weight is 141 g/mol. The lowest BCUT2D eigenvalue weighted by Crippen LogP contribution is -2.38. The third-order valence-corrected chi connectivity index (χ3v) is 1.89. The van der Waals surface area contributed by atoms with Crippen molar-refractivity contribution in [2.45, 2.75) is 18.4 Å². The van der Waals surface area contributed by atoms with E-state index in [0.717, 1.165) is 0 Å². The average Bonchev–Trinajstić information content (AvgIpc) is 2.34. The Labute approximate surface area is 60.0 Å². The smallest absolute Gasteiger partial charge is 0.177 e. The predicted molar refractivity (Wildman–Crippen MR) is 36.6 cm³/mol. The van der Waals surface area contributed by atoms with Crippen molar-refractivity contribution in [3.05, 3.63) is 12.2 Å². The van der Waals surface area contributed by atoms with Crippen molar-refractivity contribution < 1.29 is 9.47 Å². The molecule has 0 aliphatic carbocycles. The first-order valence-electron chi connectivity index (χ1n) is 3.53. The second-order valence-corrected chi connectivity index (χ2v) is 2.58. The van der Waals surface area contributed by atoms with Crippen LogP contribution >= 0.6 is 0 Å². The molecule has 2 aliphatic heterocycles. The fourth-order valence-electron chi connectivity index (χ4n) is 1.30. The van der Waals surface area contributed by atoms with E-state index in [1.807, 2.05) is 13.1 Å². The van der Waals surface area contributed by atoms with Gasteiger partial charge in [-0.15, -0.1) is 0 Å². The maximum Gasteiger partial charge on any atom is 0.177 e. The molecule has 0 radical (unpaired) electrons. The van der Waals surface area contributed by atoms with Crippen molar-refractivity contribution in [3.63, 3.8) is 0 Å². The summed E-state index contributed by atoms with van der Waals surface area (Å²) < 4.78 is 10.8. The van der Waals surface area contributed by atoms with Gasteiger partial charge in [0.25, 0.3) is 0 Å². The van der Waals surface area contributed by atoms with Crippen LogP contribution in [0, 0.1) is 0 Å². The number of nitrogens with one attached hydrogen (secondary N) is 1. The molecule has 1 saturated heterocycles. The summed E-state index contributed by atoms with van der Waals surface area (Å²) >= 11 is 0. The van der Waals surface area contributed by atoms with Crippen LogP contribution in [0.2, 0.25) is 0 Å². The third-order valence-electron chi connectivity index (χ3n) is 1.89. The lowest BCUT2D eigenvalue weighted by molar-refractivity contribution is -0.0688. The van der Waals surface area contributed by atoms with Crippen LogP contribution in [0.25, 0.3) is 0 Å². The molecule has 2 bridgehead atoms. The zero-order valence-electron chi connectivity index (χ0n) is 5.91. The van der Waals surface area contributed by atoms with Crippen molar-refractivity contribution in [1.29, 1.82) is 0 Å². The van der Waals surface area contributed by atoms with E-state index in [1.54, 1.807) is 0 Å². The summed E-state index contributed by atoms with van der Waals surface area (Å²) in [6.07, 6.45) is 4.30. The van der Waals surface area contributed by atoms with E-state index in [2.05, 4.69) is 11.4 Å². The van der Waals surface area contributed by atoms with Crippen LogP contribution in [0.5, 0.6) is 0 Å². The molecule has 0 aromatic rings. The second kappa shape index (κ2) is 2.34. The van der Waals surface area contributed by atoms with E-state index in [-0.39, 0.29) is 18.4 Å². The van der Waals surface area contributed by atoms with Gasteiger partial charge in [0.2, 0.25) is 0 Å². The van der Waals surface area contributed by atoms with Crippen LogP contribution in [0.15, 0.2) is 12.2 Å². The normalized spacial score (nSPS) is 44.3. The van der Waals surface area contributed by atoms with Gasteiger partial charge in [-0.25, -0.2) is 0 Å². The summed E-state index contributed by atoms with van der Waals surface area (Å²) in [7, 11) is 1.90. The second-order valence-electron chi connectivity index (χ2n) is 2.58. The Morgan fingerprint density at radius 2 is 2.40 bits per heavy atom. The van der Waals surface area contributed by atoms with Gasteiger partial charge in [0.1, 0.15) is 6.10 Å². The van der Waals surface area contributed by atoms with Crippen molar-refractivity contribution in [2.24, 2.45) is 0 Å². The van der Waals surface area contributed by atoms with Crippen LogP contribution < -0.4 is 5.32 Å². The topological polar surface area (TPSA) is 30.5 Å². The molecule has 0 amide bonds. The Hall–Kier alpha value is -0.380. The maximum atomic E-state index is 5.43. The van der Waals surface area contributed by atoms with Gasteiger partial charge >= 0.3 is 0 Å². The Bertz CT molecular complexity index is 158. The van der Waals surface area contributed by atoms with Crippen molar-refractivity contribution in [3.8, 4) is 0 Å². The molecule has 0 aromatic carbocycles. The monoisotopic (exact) mass is 141 g/mol. The summed E-state index contributed by atoms with van der Waals surface area (Å²) in [5, 5.41) is 3.09. The molecule has 10 heavy (non-hydrogen) atoms. The van der Waals surface area contributed by atoms with Crippen molar-refractivity contribution in [1.82, 2.24) is 5.32 Å². The van der Waals surface area contributed by atoms with Gasteiger partial charge in [0.15, 0.2) is 6.29 Å². The molecule has 3 atom stereocenters. The lowest BCUT2D eigenvalue weighted by atomic mass is 10.2. The summed E-state index contributed by atoms with van der Waals surface area (Å²) in [5.41, 5.74) is 0. The van der Waals surface area contributed by atoms with Gasteiger partial charge in [0.05, 0.1) is 12.6 Å². The SMILES string of the molecule is CN[C@@H]1C=C[C@H]2CO[C@@H]1O2. The molecule has 56 valence electrons. The number of rotatable bonds is 1. The van der Waals surface area contributed by atoms with E-state index >= 15 is 0 Å². The van der Waals surface area contributed by atoms with Crippen LogP contribution in [0.1, 0.15) is 0 Å². The predicted octanol–water partition coefficient (Wildman–Crippen LogP) is -0.114. The Morgan fingerprint density at radius 1 is 1.50 bits per heavy atom. The first-order chi connectivity index (χ1) is 4.90. The largest absolute Gasteiger partial charge is 0.348 e. The molecular weight excluding hydrogens is 130 g/mol. The molecule has 2 heterocycles. The lowest BCUT2D eigenvalue weighted by Gasteiger charge is -2.21. The van der Waals surface area contributed by atoms with Crippen LogP contribution in [-0.2, 0) is 9.47 Å². The minimum Gasteiger partial charge on any atom is -0.348 e. The van der Waals surface area contributed by atoms with E-state index in [9.17, 15) is 0 Å². The third kappa shape index (κ3) is 0.868. The summed E-state index contributed by atoms with van der Waals surface area (Å²) in [5.74, 6) is 0. The zero-order chi connectivity index (χ0) is 6.97. The molecule has 3 heteroatoms. The van der Waals surface area contributed by atoms with Gasteiger partial charge < -0.3 is 14.8 Å². The Balaban J connectivity index is 2.11. The highest BCUT2D eigenvalue weighted by atomic mass is 16.7. The van der Waals surface area contributed by atoms with E-state index < -0.39 is 0 Å². The molecule has 2 aliphatic rings. The minimum absolute atomic E-state index is 0.0556. The van der Waals surface area contributed by atoms with Gasteiger partial charge in [-0.2, -0.15) is 0 Å². The van der Waals surface area contributed by atoms with E-state index in [1.165, 1.54) is 0 Å². The molecule has 2 rings (SSSR count). The van der Waals surface area contributed by atoms with Crippen LogP contribution in [-0.4, -0.2) is 32.1 Å². The fourth-order valence-corrected chi connectivity index (χ4v) is 1.30. The fraction of sp³-hybridized carbons (Fsp3) is 0.714. The van der Waals surface area contributed by atoms with Gasteiger partial charge in [0, 0.05) is 0 Å². The van der Waals surface area contributed by atoms with Gasteiger partial charge in [-0.05, 0) is 7.05 Å². The molecule has 1 fully saturated rings. The van der Waals surface area contributed by atoms with Crippen molar-refractivity contribution >= 4 is 0 Å². The standard InChI is InChI=1S/C7H11NO2/c1-8-6-3-2-5-4-9-7(6)10-5/h2-3,5-8H,4H2,1H3/t5-,6+,7+/m0/s1. The molecule has 0 spiro atoms. The molecule has 0 aromatic heterocycles. The highest BCUT2D eigenvalue weighted by Gasteiger charge is 2.32. The Kier molecular flexibility index (Phi) is 1.48. The molecular formula is C7H11NO2. The van der Waals surface area contributed by atoms with Crippen molar-refractivity contribution in [2.75, 3.05) is 13.7 Å². The zero-order valence-corrected chi connectivity index (χ0v) is 5.91. The molecule has 3 nitrogen and oxygen atoms in total. The highest BCUT2D eigenvalue weighted by molar-refractivity contribution is 5.05. The Morgan fingerprint density at radius 3 is 3.20 bits per heavy atom. The van der Waals surface area contributed by atoms with E-state index in [0.29, 0.717) is 6.61 Å². The first kappa shape index (κ1) is 6.34. The number of likely N-dealkylation sites (N-methyl/N-ethyl adjacent to an activating group) is 1. The first-order valence-corrected chi connectivity index (χ1v) is 3.53. The van der Waals surface area contributed by atoms with Crippen LogP contribution in [0.4, 0.5) is 0 Å². The quantitative estimate of drug-likeness (QED) is 0.517.